The maximum Gasteiger partial charge on any atom is 0.261 e. The predicted molar refractivity (Wildman–Crippen MR) is 98.0 cm³/mol. The van der Waals surface area contributed by atoms with Gasteiger partial charge in [0.2, 0.25) is 0 Å². The van der Waals surface area contributed by atoms with E-state index in [-0.39, 0.29) is 18.6 Å². The number of aryl methyl sites for hydroxylation is 1. The van der Waals surface area contributed by atoms with E-state index < -0.39 is 0 Å². The van der Waals surface area contributed by atoms with E-state index in [4.69, 9.17) is 4.74 Å². The lowest BCUT2D eigenvalue weighted by molar-refractivity contribution is -0.137. The molecule has 3 aromatic rings. The van der Waals surface area contributed by atoms with Crippen LogP contribution in [0.25, 0.3) is 5.65 Å². The van der Waals surface area contributed by atoms with Gasteiger partial charge in [-0.25, -0.2) is 9.50 Å². The number of benzene rings is 1. The van der Waals surface area contributed by atoms with Crippen molar-refractivity contribution in [3.8, 4) is 5.75 Å². The molecule has 26 heavy (non-hydrogen) atoms. The standard InChI is InChI=1S/C20H22N4O2/c1-15-13-19-21-11-10-18(24(19)22-15)17-9-5-6-12-23(17)20(25)14-26-16-7-3-2-4-8-16/h2-4,7-8,10-11,13,17H,5-6,9,12,14H2,1H3. The van der Waals surface area contributed by atoms with Gasteiger partial charge in [-0.3, -0.25) is 4.79 Å². The molecule has 4 rings (SSSR count). The van der Waals surface area contributed by atoms with E-state index in [0.29, 0.717) is 5.75 Å². The number of carbonyl (C=O) groups is 1. The van der Waals surface area contributed by atoms with Gasteiger partial charge in [-0.15, -0.1) is 0 Å². The highest BCUT2D eigenvalue weighted by Gasteiger charge is 2.30. The SMILES string of the molecule is Cc1cc2nccc(C3CCCCN3C(=O)COc3ccccc3)n2n1. The number of fused-ring (bicyclic) bond motifs is 1. The number of amides is 1. The van der Waals surface area contributed by atoms with E-state index in [0.717, 1.165) is 42.8 Å². The summed E-state index contributed by atoms with van der Waals surface area (Å²) in [5.74, 6) is 0.718. The van der Waals surface area contributed by atoms with Crippen molar-refractivity contribution in [2.24, 2.45) is 0 Å². The molecule has 0 radical (unpaired) electrons. The highest BCUT2D eigenvalue weighted by atomic mass is 16.5. The Hall–Kier alpha value is -2.89. The zero-order valence-electron chi connectivity index (χ0n) is 14.8. The maximum atomic E-state index is 12.9. The molecule has 1 aliphatic heterocycles. The van der Waals surface area contributed by atoms with E-state index in [1.807, 2.05) is 58.8 Å². The summed E-state index contributed by atoms with van der Waals surface area (Å²) >= 11 is 0. The lowest BCUT2D eigenvalue weighted by Gasteiger charge is -2.35. The van der Waals surface area contributed by atoms with Gasteiger partial charge in [0, 0.05) is 18.8 Å². The minimum Gasteiger partial charge on any atom is -0.484 e. The van der Waals surface area contributed by atoms with Gasteiger partial charge in [-0.1, -0.05) is 18.2 Å². The Bertz CT molecular complexity index is 907. The second-order valence-corrected chi connectivity index (χ2v) is 6.63. The topological polar surface area (TPSA) is 59.7 Å². The number of ether oxygens (including phenoxy) is 1. The van der Waals surface area contributed by atoms with Crippen LogP contribution in [0.1, 0.15) is 36.7 Å². The maximum absolute atomic E-state index is 12.9. The number of hydrogen-bond donors (Lipinski definition) is 0. The van der Waals surface area contributed by atoms with Crippen LogP contribution in [0.15, 0.2) is 48.7 Å². The van der Waals surface area contributed by atoms with Gasteiger partial charge in [0.15, 0.2) is 12.3 Å². The second kappa shape index (κ2) is 7.15. The summed E-state index contributed by atoms with van der Waals surface area (Å²) < 4.78 is 7.54. The van der Waals surface area contributed by atoms with E-state index in [2.05, 4.69) is 10.1 Å². The first-order valence-corrected chi connectivity index (χ1v) is 9.01. The number of para-hydroxylation sites is 1. The number of carbonyl (C=O) groups excluding carboxylic acids is 1. The number of likely N-dealkylation sites (tertiary alicyclic amines) is 1. The van der Waals surface area contributed by atoms with Crippen LogP contribution < -0.4 is 4.74 Å². The van der Waals surface area contributed by atoms with Crippen LogP contribution in [0, 0.1) is 6.92 Å². The van der Waals surface area contributed by atoms with Gasteiger partial charge < -0.3 is 9.64 Å². The van der Waals surface area contributed by atoms with E-state index in [1.54, 1.807) is 6.20 Å². The molecule has 0 aliphatic carbocycles. The van der Waals surface area contributed by atoms with Crippen LogP contribution in [0.4, 0.5) is 0 Å². The average molecular weight is 350 g/mol. The van der Waals surface area contributed by atoms with Crippen molar-refractivity contribution in [1.82, 2.24) is 19.5 Å². The molecule has 1 aliphatic rings. The van der Waals surface area contributed by atoms with Crippen molar-refractivity contribution in [1.29, 1.82) is 0 Å². The number of aromatic nitrogens is 3. The van der Waals surface area contributed by atoms with E-state index >= 15 is 0 Å². The predicted octanol–water partition coefficient (Wildman–Crippen LogP) is 3.17. The highest BCUT2D eigenvalue weighted by Crippen LogP contribution is 2.31. The van der Waals surface area contributed by atoms with Crippen molar-refractivity contribution < 1.29 is 9.53 Å². The summed E-state index contributed by atoms with van der Waals surface area (Å²) in [5, 5.41) is 4.56. The molecule has 1 saturated heterocycles. The van der Waals surface area contributed by atoms with Crippen LogP contribution in [0.2, 0.25) is 0 Å². The summed E-state index contributed by atoms with van der Waals surface area (Å²) in [5.41, 5.74) is 2.75. The first-order valence-electron chi connectivity index (χ1n) is 9.01. The molecule has 0 saturated carbocycles. The quantitative estimate of drug-likeness (QED) is 0.725. The monoisotopic (exact) mass is 350 g/mol. The van der Waals surface area contributed by atoms with Crippen LogP contribution in [-0.4, -0.2) is 38.6 Å². The molecule has 1 unspecified atom stereocenters. The van der Waals surface area contributed by atoms with Gasteiger partial charge in [0.05, 0.1) is 17.4 Å². The molecule has 6 nitrogen and oxygen atoms in total. The zero-order chi connectivity index (χ0) is 17.9. The molecule has 6 heteroatoms. The molecule has 0 N–H and O–H groups in total. The normalized spacial score (nSPS) is 17.4. The fourth-order valence-corrected chi connectivity index (χ4v) is 3.56. The van der Waals surface area contributed by atoms with Crippen LogP contribution >= 0.6 is 0 Å². The average Bonchev–Trinajstić information content (AvgIpc) is 3.07. The molecule has 1 amide bonds. The Morgan fingerprint density at radius 1 is 1.23 bits per heavy atom. The Morgan fingerprint density at radius 3 is 2.92 bits per heavy atom. The van der Waals surface area contributed by atoms with Crippen LogP contribution in [-0.2, 0) is 4.79 Å². The Balaban J connectivity index is 1.57. The molecular weight excluding hydrogens is 328 g/mol. The van der Waals surface area contributed by atoms with Crippen molar-refractivity contribution >= 4 is 11.6 Å². The van der Waals surface area contributed by atoms with Gasteiger partial charge in [0.25, 0.3) is 5.91 Å². The molecule has 1 aromatic carbocycles. The third kappa shape index (κ3) is 3.27. The molecule has 3 heterocycles. The second-order valence-electron chi connectivity index (χ2n) is 6.63. The Labute approximate surface area is 152 Å². The molecule has 2 aromatic heterocycles. The van der Waals surface area contributed by atoms with Crippen LogP contribution in [0.3, 0.4) is 0 Å². The fraction of sp³-hybridized carbons (Fsp3) is 0.350. The molecule has 134 valence electrons. The zero-order valence-corrected chi connectivity index (χ0v) is 14.8. The molecule has 1 atom stereocenters. The summed E-state index contributed by atoms with van der Waals surface area (Å²) in [7, 11) is 0. The van der Waals surface area contributed by atoms with E-state index in [1.165, 1.54) is 0 Å². The third-order valence-corrected chi connectivity index (χ3v) is 4.78. The number of hydrogen-bond acceptors (Lipinski definition) is 4. The van der Waals surface area contributed by atoms with Gasteiger partial charge in [-0.05, 0) is 44.4 Å². The number of rotatable bonds is 4. The summed E-state index contributed by atoms with van der Waals surface area (Å²) in [6.45, 7) is 2.74. The Morgan fingerprint density at radius 2 is 2.08 bits per heavy atom. The summed E-state index contributed by atoms with van der Waals surface area (Å²) in [6.07, 6.45) is 4.83. The smallest absolute Gasteiger partial charge is 0.261 e. The summed E-state index contributed by atoms with van der Waals surface area (Å²) in [6, 6.07) is 13.4. The highest BCUT2D eigenvalue weighted by molar-refractivity contribution is 5.78. The molecule has 0 bridgehead atoms. The molecular formula is C20H22N4O2. The first-order chi connectivity index (χ1) is 12.7. The fourth-order valence-electron chi connectivity index (χ4n) is 3.56. The van der Waals surface area contributed by atoms with Gasteiger partial charge in [0.1, 0.15) is 5.75 Å². The number of nitrogens with zero attached hydrogens (tertiary/aromatic N) is 4. The van der Waals surface area contributed by atoms with Crippen LogP contribution in [0.5, 0.6) is 5.75 Å². The lowest BCUT2D eigenvalue weighted by atomic mass is 9.99. The van der Waals surface area contributed by atoms with Crippen molar-refractivity contribution in [3.05, 3.63) is 60.0 Å². The minimum absolute atomic E-state index is 0.000392. The van der Waals surface area contributed by atoms with E-state index in [9.17, 15) is 4.79 Å². The summed E-state index contributed by atoms with van der Waals surface area (Å²) in [4.78, 5) is 19.2. The van der Waals surface area contributed by atoms with Crippen molar-refractivity contribution in [3.63, 3.8) is 0 Å². The molecule has 0 spiro atoms. The lowest BCUT2D eigenvalue weighted by Crippen LogP contribution is -2.41. The Kier molecular flexibility index (Phi) is 4.56. The third-order valence-electron chi connectivity index (χ3n) is 4.78. The van der Waals surface area contributed by atoms with Crippen molar-refractivity contribution in [2.45, 2.75) is 32.2 Å². The first kappa shape index (κ1) is 16.6. The molecule has 1 fully saturated rings. The number of piperidine rings is 1. The largest absolute Gasteiger partial charge is 0.484 e. The van der Waals surface area contributed by atoms with Crippen molar-refractivity contribution in [2.75, 3.05) is 13.2 Å². The minimum atomic E-state index is 0.000392. The van der Waals surface area contributed by atoms with Gasteiger partial charge in [-0.2, -0.15) is 5.10 Å². The van der Waals surface area contributed by atoms with Gasteiger partial charge >= 0.3 is 0 Å².